The van der Waals surface area contributed by atoms with Crippen LogP contribution in [0.4, 0.5) is 11.5 Å². The van der Waals surface area contributed by atoms with Crippen molar-refractivity contribution in [3.63, 3.8) is 0 Å². The molecule has 0 spiro atoms. The molecule has 0 aliphatic rings. The molecule has 0 amide bonds. The molecule has 1 atom stereocenters. The Kier molecular flexibility index (Phi) is 3.87. The molecule has 5 nitrogen and oxygen atoms in total. The van der Waals surface area contributed by atoms with Crippen LogP contribution in [-0.2, 0) is 16.6 Å². The Labute approximate surface area is 124 Å². The first-order chi connectivity index (χ1) is 10.2. The lowest BCUT2D eigenvalue weighted by atomic mass is 10.2. The van der Waals surface area contributed by atoms with Crippen molar-refractivity contribution in [2.24, 2.45) is 0 Å². The van der Waals surface area contributed by atoms with E-state index in [1.165, 1.54) is 0 Å². The molecule has 3 rings (SSSR count). The third-order valence-electron chi connectivity index (χ3n) is 2.90. The van der Waals surface area contributed by atoms with Crippen molar-refractivity contribution in [2.45, 2.75) is 5.75 Å². The summed E-state index contributed by atoms with van der Waals surface area (Å²) in [4.78, 5) is 12.8. The average molecular weight is 298 g/mol. The quantitative estimate of drug-likeness (QED) is 0.802. The zero-order valence-electron chi connectivity index (χ0n) is 11.5. The molecule has 0 aliphatic heterocycles. The van der Waals surface area contributed by atoms with E-state index in [0.717, 1.165) is 16.8 Å². The van der Waals surface area contributed by atoms with Crippen LogP contribution in [0, 0.1) is 0 Å². The van der Waals surface area contributed by atoms with E-state index in [1.807, 2.05) is 36.4 Å². The largest absolute Gasteiger partial charge is 0.340 e. The van der Waals surface area contributed by atoms with Crippen LogP contribution in [0.1, 0.15) is 5.56 Å². The Bertz CT molecular complexity index is 806. The SMILES string of the molecule is CS(=O)Cc1cccc(Nc2ccc3nccnc3n2)c1. The van der Waals surface area contributed by atoms with Crippen LogP contribution < -0.4 is 5.32 Å². The van der Waals surface area contributed by atoms with Gasteiger partial charge in [-0.15, -0.1) is 0 Å². The molecule has 3 aromatic rings. The molecule has 1 N–H and O–H groups in total. The summed E-state index contributed by atoms with van der Waals surface area (Å²) in [5, 5.41) is 3.23. The Morgan fingerprint density at radius 1 is 1.14 bits per heavy atom. The number of aromatic nitrogens is 3. The smallest absolute Gasteiger partial charge is 0.180 e. The number of hydrogen-bond donors (Lipinski definition) is 1. The number of anilines is 2. The first-order valence-electron chi connectivity index (χ1n) is 6.44. The third kappa shape index (κ3) is 3.41. The van der Waals surface area contributed by atoms with Crippen LogP contribution in [0.3, 0.4) is 0 Å². The molecule has 106 valence electrons. The van der Waals surface area contributed by atoms with Gasteiger partial charge in [-0.3, -0.25) is 9.19 Å². The van der Waals surface area contributed by atoms with E-state index in [-0.39, 0.29) is 0 Å². The number of rotatable bonds is 4. The van der Waals surface area contributed by atoms with Gasteiger partial charge in [-0.05, 0) is 29.8 Å². The number of hydrogen-bond acceptors (Lipinski definition) is 5. The molecule has 0 radical (unpaired) electrons. The molecule has 6 heteroatoms. The van der Waals surface area contributed by atoms with Gasteiger partial charge in [-0.1, -0.05) is 12.1 Å². The van der Waals surface area contributed by atoms with Crippen molar-refractivity contribution in [3.05, 3.63) is 54.4 Å². The van der Waals surface area contributed by atoms with Gasteiger partial charge in [-0.2, -0.15) is 0 Å². The first kappa shape index (κ1) is 13.6. The first-order valence-corrected chi connectivity index (χ1v) is 8.17. The molecule has 0 fully saturated rings. The van der Waals surface area contributed by atoms with E-state index < -0.39 is 10.8 Å². The number of nitrogens with zero attached hydrogens (tertiary/aromatic N) is 3. The van der Waals surface area contributed by atoms with Crippen LogP contribution in [0.2, 0.25) is 0 Å². The van der Waals surface area contributed by atoms with Crippen molar-refractivity contribution in [3.8, 4) is 0 Å². The van der Waals surface area contributed by atoms with Gasteiger partial charge < -0.3 is 5.32 Å². The fourth-order valence-electron chi connectivity index (χ4n) is 2.05. The van der Waals surface area contributed by atoms with Gasteiger partial charge in [-0.25, -0.2) is 9.97 Å². The topological polar surface area (TPSA) is 67.8 Å². The number of benzene rings is 1. The minimum Gasteiger partial charge on any atom is -0.340 e. The molecule has 0 saturated heterocycles. The van der Waals surface area contributed by atoms with Crippen molar-refractivity contribution in [2.75, 3.05) is 11.6 Å². The lowest BCUT2D eigenvalue weighted by molar-refractivity contribution is 0.686. The third-order valence-corrected chi connectivity index (χ3v) is 3.64. The predicted octanol–water partition coefficient (Wildman–Crippen LogP) is 2.65. The molecular weight excluding hydrogens is 284 g/mol. The fourth-order valence-corrected chi connectivity index (χ4v) is 2.69. The zero-order chi connectivity index (χ0) is 14.7. The zero-order valence-corrected chi connectivity index (χ0v) is 12.3. The lowest BCUT2D eigenvalue weighted by Gasteiger charge is -2.07. The van der Waals surface area contributed by atoms with E-state index in [4.69, 9.17) is 0 Å². The van der Waals surface area contributed by atoms with Gasteiger partial charge >= 0.3 is 0 Å². The minimum absolute atomic E-state index is 0.548. The molecule has 0 saturated carbocycles. The molecule has 0 aliphatic carbocycles. The normalized spacial score (nSPS) is 12.2. The van der Waals surface area contributed by atoms with Gasteiger partial charge in [0.25, 0.3) is 0 Å². The van der Waals surface area contributed by atoms with E-state index in [2.05, 4.69) is 20.3 Å². The van der Waals surface area contributed by atoms with Gasteiger partial charge in [0.2, 0.25) is 0 Å². The van der Waals surface area contributed by atoms with Crippen molar-refractivity contribution < 1.29 is 4.21 Å². The summed E-state index contributed by atoms with van der Waals surface area (Å²) >= 11 is 0. The second kappa shape index (κ2) is 5.97. The number of nitrogens with one attached hydrogen (secondary N) is 1. The maximum atomic E-state index is 11.3. The second-order valence-corrected chi connectivity index (χ2v) is 6.07. The highest BCUT2D eigenvalue weighted by molar-refractivity contribution is 7.83. The Balaban J connectivity index is 1.86. The average Bonchev–Trinajstić information content (AvgIpc) is 2.47. The maximum absolute atomic E-state index is 11.3. The number of fused-ring (bicyclic) bond motifs is 1. The van der Waals surface area contributed by atoms with Gasteiger partial charge in [0.1, 0.15) is 11.3 Å². The summed E-state index contributed by atoms with van der Waals surface area (Å²) in [6, 6.07) is 11.6. The van der Waals surface area contributed by atoms with E-state index >= 15 is 0 Å². The summed E-state index contributed by atoms with van der Waals surface area (Å²) in [5.41, 5.74) is 3.31. The fraction of sp³-hybridized carbons (Fsp3) is 0.133. The van der Waals surface area contributed by atoms with Gasteiger partial charge in [0.05, 0.1) is 0 Å². The van der Waals surface area contributed by atoms with Crippen molar-refractivity contribution in [1.29, 1.82) is 0 Å². The van der Waals surface area contributed by atoms with Crippen molar-refractivity contribution >= 4 is 33.5 Å². The highest BCUT2D eigenvalue weighted by Crippen LogP contribution is 2.18. The van der Waals surface area contributed by atoms with E-state index in [9.17, 15) is 4.21 Å². The highest BCUT2D eigenvalue weighted by Gasteiger charge is 2.02. The molecule has 0 bridgehead atoms. The molecular formula is C15H14N4OS. The van der Waals surface area contributed by atoms with Crippen LogP contribution in [-0.4, -0.2) is 25.4 Å². The molecule has 2 aromatic heterocycles. The highest BCUT2D eigenvalue weighted by atomic mass is 32.2. The molecule has 21 heavy (non-hydrogen) atoms. The summed E-state index contributed by atoms with van der Waals surface area (Å²) in [6.45, 7) is 0. The minimum atomic E-state index is -0.852. The Morgan fingerprint density at radius 3 is 2.86 bits per heavy atom. The standard InChI is InChI=1S/C15H14N4OS/c1-21(20)10-11-3-2-4-12(9-11)18-14-6-5-13-15(19-14)17-8-7-16-13/h2-9H,10H2,1H3,(H,17,18,19). The Morgan fingerprint density at radius 2 is 2.00 bits per heavy atom. The molecule has 1 aromatic carbocycles. The van der Waals surface area contributed by atoms with Gasteiger partial charge in [0.15, 0.2) is 5.65 Å². The maximum Gasteiger partial charge on any atom is 0.180 e. The predicted molar refractivity (Wildman–Crippen MR) is 84.8 cm³/mol. The summed E-state index contributed by atoms with van der Waals surface area (Å²) in [5.74, 6) is 1.25. The number of pyridine rings is 1. The van der Waals surface area contributed by atoms with Crippen LogP contribution >= 0.6 is 0 Å². The van der Waals surface area contributed by atoms with Crippen LogP contribution in [0.5, 0.6) is 0 Å². The second-order valence-electron chi connectivity index (χ2n) is 4.64. The van der Waals surface area contributed by atoms with Crippen LogP contribution in [0.15, 0.2) is 48.8 Å². The van der Waals surface area contributed by atoms with E-state index in [0.29, 0.717) is 17.2 Å². The molecule has 2 heterocycles. The summed E-state index contributed by atoms with van der Waals surface area (Å²) in [7, 11) is -0.852. The molecule has 1 unspecified atom stereocenters. The Hall–Kier alpha value is -2.34. The van der Waals surface area contributed by atoms with Crippen LogP contribution in [0.25, 0.3) is 11.2 Å². The summed E-state index contributed by atoms with van der Waals surface area (Å²) in [6.07, 6.45) is 4.96. The van der Waals surface area contributed by atoms with Gasteiger partial charge in [0, 0.05) is 40.9 Å². The van der Waals surface area contributed by atoms with Crippen molar-refractivity contribution in [1.82, 2.24) is 15.0 Å². The monoisotopic (exact) mass is 298 g/mol. The van der Waals surface area contributed by atoms with E-state index in [1.54, 1.807) is 18.6 Å². The summed E-state index contributed by atoms with van der Waals surface area (Å²) < 4.78 is 11.3. The lowest BCUT2D eigenvalue weighted by Crippen LogP contribution is -1.97.